The zero-order valence-corrected chi connectivity index (χ0v) is 9.81. The predicted octanol–water partition coefficient (Wildman–Crippen LogP) is 2.83. The molecule has 0 atom stereocenters. The predicted molar refractivity (Wildman–Crippen MR) is 68.2 cm³/mol. The highest BCUT2D eigenvalue weighted by molar-refractivity contribution is 8.23. The lowest BCUT2D eigenvalue weighted by molar-refractivity contribution is -0.117. The lowest BCUT2D eigenvalue weighted by Crippen LogP contribution is -2.32. The molecule has 1 aromatic carbocycles. The number of benzene rings is 1. The summed E-state index contributed by atoms with van der Waals surface area (Å²) in [7, 11) is 0. The Balaban J connectivity index is 2.32. The maximum Gasteiger partial charge on any atom is 0.232 e. The summed E-state index contributed by atoms with van der Waals surface area (Å²) in [5, 5.41) is 0. The molecule has 1 aliphatic heterocycles. The quantitative estimate of drug-likeness (QED) is 0.701. The maximum absolute atomic E-state index is 11.9. The highest BCUT2D eigenvalue weighted by Crippen LogP contribution is 2.24. The Hall–Kier alpha value is -0.870. The third-order valence-electron chi connectivity index (χ3n) is 2.21. The fourth-order valence-electron chi connectivity index (χ4n) is 1.49. The first kappa shape index (κ1) is 10.6. The van der Waals surface area contributed by atoms with Crippen molar-refractivity contribution in [3.8, 4) is 0 Å². The Morgan fingerprint density at radius 3 is 2.73 bits per heavy atom. The zero-order valence-electron chi connectivity index (χ0n) is 8.18. The van der Waals surface area contributed by atoms with Gasteiger partial charge in [0.2, 0.25) is 5.91 Å². The van der Waals surface area contributed by atoms with Crippen molar-refractivity contribution in [2.75, 3.05) is 10.7 Å². The molecule has 0 N–H and O–H groups in total. The van der Waals surface area contributed by atoms with Crippen LogP contribution in [0.15, 0.2) is 30.3 Å². The molecule has 78 valence electrons. The van der Waals surface area contributed by atoms with Crippen molar-refractivity contribution in [2.45, 2.75) is 12.8 Å². The molecule has 0 bridgehead atoms. The maximum atomic E-state index is 11.9. The second-order valence-electron chi connectivity index (χ2n) is 3.28. The van der Waals surface area contributed by atoms with Gasteiger partial charge in [-0.3, -0.25) is 9.69 Å². The first-order chi connectivity index (χ1) is 7.29. The van der Waals surface area contributed by atoms with Gasteiger partial charge in [-0.15, -0.1) is 0 Å². The second-order valence-corrected chi connectivity index (χ2v) is 5.01. The van der Waals surface area contributed by atoms with Crippen LogP contribution in [0.25, 0.3) is 0 Å². The molecule has 0 aromatic heterocycles. The molecule has 0 radical (unpaired) electrons. The lowest BCUT2D eigenvalue weighted by atomic mass is 10.2. The van der Waals surface area contributed by atoms with Gasteiger partial charge in [0.05, 0.1) is 5.69 Å². The molecular weight excluding hydrogens is 226 g/mol. The molecule has 2 nitrogen and oxygen atoms in total. The summed E-state index contributed by atoms with van der Waals surface area (Å²) in [5.41, 5.74) is 0.877. The molecule has 1 aliphatic rings. The van der Waals surface area contributed by atoms with Crippen LogP contribution in [0.5, 0.6) is 0 Å². The van der Waals surface area contributed by atoms with E-state index in [0.717, 1.165) is 17.9 Å². The number of nitrogens with zero attached hydrogens (tertiary/aromatic N) is 1. The van der Waals surface area contributed by atoms with E-state index >= 15 is 0 Å². The fraction of sp³-hybridized carbons (Fsp3) is 0.273. The summed E-state index contributed by atoms with van der Waals surface area (Å²) in [6.45, 7) is 0. The standard InChI is InChI=1S/C11H11NOS2/c13-10-7-4-8-15-11(14)12(10)9-5-2-1-3-6-9/h1-3,5-6H,4,7-8H2. The number of thiocarbonyl (C=S) groups is 1. The molecule has 1 saturated heterocycles. The van der Waals surface area contributed by atoms with Gasteiger partial charge in [0, 0.05) is 12.2 Å². The summed E-state index contributed by atoms with van der Waals surface area (Å²) >= 11 is 6.82. The molecule has 0 aliphatic carbocycles. The lowest BCUT2D eigenvalue weighted by Gasteiger charge is -2.20. The van der Waals surface area contributed by atoms with Crippen LogP contribution in [0.1, 0.15) is 12.8 Å². The minimum absolute atomic E-state index is 0.108. The van der Waals surface area contributed by atoms with Crippen LogP contribution >= 0.6 is 24.0 Å². The van der Waals surface area contributed by atoms with Crippen molar-refractivity contribution in [3.63, 3.8) is 0 Å². The molecule has 0 unspecified atom stereocenters. The molecule has 15 heavy (non-hydrogen) atoms. The van der Waals surface area contributed by atoms with Crippen LogP contribution in [0, 0.1) is 0 Å². The van der Waals surface area contributed by atoms with E-state index in [1.165, 1.54) is 0 Å². The molecule has 0 saturated carbocycles. The van der Waals surface area contributed by atoms with Crippen LogP contribution in [-0.2, 0) is 4.79 Å². The van der Waals surface area contributed by atoms with Crippen LogP contribution in [-0.4, -0.2) is 16.0 Å². The molecule has 4 heteroatoms. The third kappa shape index (κ3) is 2.38. The van der Waals surface area contributed by atoms with Crippen LogP contribution < -0.4 is 4.90 Å². The van der Waals surface area contributed by atoms with Gasteiger partial charge in [-0.2, -0.15) is 0 Å². The van der Waals surface area contributed by atoms with Gasteiger partial charge in [0.25, 0.3) is 0 Å². The number of anilines is 1. The van der Waals surface area contributed by atoms with Gasteiger partial charge >= 0.3 is 0 Å². The first-order valence-corrected chi connectivity index (χ1v) is 6.23. The monoisotopic (exact) mass is 237 g/mol. The number of amides is 1. The van der Waals surface area contributed by atoms with E-state index in [9.17, 15) is 4.79 Å². The smallest absolute Gasteiger partial charge is 0.232 e. The topological polar surface area (TPSA) is 20.3 Å². The second kappa shape index (κ2) is 4.77. The van der Waals surface area contributed by atoms with E-state index < -0.39 is 0 Å². The fourth-order valence-corrected chi connectivity index (χ4v) is 2.74. The van der Waals surface area contributed by atoms with Crippen molar-refractivity contribution < 1.29 is 4.79 Å². The number of rotatable bonds is 1. The van der Waals surface area contributed by atoms with Crippen molar-refractivity contribution in [1.82, 2.24) is 0 Å². The summed E-state index contributed by atoms with van der Waals surface area (Å²) in [5.74, 6) is 1.05. The molecule has 1 fully saturated rings. The number of para-hydroxylation sites is 1. The Morgan fingerprint density at radius 2 is 2.00 bits per heavy atom. The van der Waals surface area contributed by atoms with E-state index in [1.54, 1.807) is 16.7 Å². The summed E-state index contributed by atoms with van der Waals surface area (Å²) in [6.07, 6.45) is 1.50. The zero-order chi connectivity index (χ0) is 10.7. The number of carbonyl (C=O) groups is 1. The third-order valence-corrected chi connectivity index (χ3v) is 3.67. The van der Waals surface area contributed by atoms with E-state index in [0.29, 0.717) is 10.7 Å². The molecule has 1 aromatic rings. The molecule has 0 spiro atoms. The minimum atomic E-state index is 0.108. The van der Waals surface area contributed by atoms with Crippen LogP contribution in [0.4, 0.5) is 5.69 Å². The minimum Gasteiger partial charge on any atom is -0.274 e. The Labute approximate surface area is 98.7 Å². The molecular formula is C11H11NOS2. The number of hydrogen-bond acceptors (Lipinski definition) is 3. The first-order valence-electron chi connectivity index (χ1n) is 4.84. The van der Waals surface area contributed by atoms with Crippen molar-refractivity contribution >= 4 is 39.9 Å². The molecule has 2 rings (SSSR count). The Bertz CT molecular complexity index is 359. The summed E-state index contributed by atoms with van der Waals surface area (Å²) in [4.78, 5) is 13.5. The average Bonchev–Trinajstić information content (AvgIpc) is 2.41. The van der Waals surface area contributed by atoms with Gasteiger partial charge in [-0.25, -0.2) is 0 Å². The average molecular weight is 237 g/mol. The Morgan fingerprint density at radius 1 is 1.27 bits per heavy atom. The van der Waals surface area contributed by atoms with Crippen LogP contribution in [0.3, 0.4) is 0 Å². The highest BCUT2D eigenvalue weighted by Gasteiger charge is 2.22. The number of carbonyl (C=O) groups excluding carboxylic acids is 1. The molecule has 1 heterocycles. The van der Waals surface area contributed by atoms with Crippen molar-refractivity contribution in [2.24, 2.45) is 0 Å². The summed E-state index contributed by atoms with van der Waals surface area (Å²) in [6, 6.07) is 9.59. The Kier molecular flexibility index (Phi) is 3.38. The highest BCUT2D eigenvalue weighted by atomic mass is 32.2. The van der Waals surface area contributed by atoms with E-state index in [4.69, 9.17) is 12.2 Å². The van der Waals surface area contributed by atoms with E-state index in [1.807, 2.05) is 30.3 Å². The largest absolute Gasteiger partial charge is 0.274 e. The van der Waals surface area contributed by atoms with E-state index in [-0.39, 0.29) is 5.91 Å². The number of hydrogen-bond donors (Lipinski definition) is 0. The van der Waals surface area contributed by atoms with Gasteiger partial charge in [0.15, 0.2) is 0 Å². The van der Waals surface area contributed by atoms with Gasteiger partial charge < -0.3 is 0 Å². The number of thioether (sulfide) groups is 1. The SMILES string of the molecule is O=C1CCCSC(=S)N1c1ccccc1. The van der Waals surface area contributed by atoms with Gasteiger partial charge in [-0.1, -0.05) is 42.2 Å². The van der Waals surface area contributed by atoms with Gasteiger partial charge in [-0.05, 0) is 18.6 Å². The van der Waals surface area contributed by atoms with Crippen LogP contribution in [0.2, 0.25) is 0 Å². The normalized spacial score (nSPS) is 17.7. The van der Waals surface area contributed by atoms with E-state index in [2.05, 4.69) is 0 Å². The van der Waals surface area contributed by atoms with Crippen molar-refractivity contribution in [3.05, 3.63) is 30.3 Å². The summed E-state index contributed by atoms with van der Waals surface area (Å²) < 4.78 is 0.670. The van der Waals surface area contributed by atoms with Gasteiger partial charge in [0.1, 0.15) is 4.32 Å². The van der Waals surface area contributed by atoms with Crippen molar-refractivity contribution in [1.29, 1.82) is 0 Å². The molecule has 1 amide bonds.